The van der Waals surface area contributed by atoms with E-state index in [1.54, 1.807) is 0 Å². The van der Waals surface area contributed by atoms with Gasteiger partial charge in [-0.15, -0.1) is 0 Å². The zero-order valence-corrected chi connectivity index (χ0v) is 21.6. The van der Waals surface area contributed by atoms with Gasteiger partial charge in [-0.2, -0.15) is 0 Å². The third-order valence-electron chi connectivity index (χ3n) is 11.5. The molecule has 4 aliphatic carbocycles. The highest BCUT2D eigenvalue weighted by molar-refractivity contribution is 8.15. The monoisotopic (exact) mass is 477 g/mol. The third-order valence-corrected chi connectivity index (χ3v) is 12.5. The lowest BCUT2D eigenvalue weighted by molar-refractivity contribution is -0.203. The summed E-state index contributed by atoms with van der Waals surface area (Å²) in [6, 6.07) is 0. The minimum Gasteiger partial charge on any atom is -0.393 e. The number of fused-ring (bicyclic) bond motifs is 5. The molecule has 4 saturated carbocycles. The first-order valence-corrected chi connectivity index (χ1v) is 14.4. The van der Waals surface area contributed by atoms with Crippen LogP contribution in [0.5, 0.6) is 0 Å². The molecule has 1 saturated heterocycles. The van der Waals surface area contributed by atoms with Crippen molar-refractivity contribution in [3.05, 3.63) is 0 Å². The van der Waals surface area contributed by atoms with Crippen LogP contribution in [-0.4, -0.2) is 38.8 Å². The Morgan fingerprint density at radius 3 is 2.39 bits per heavy atom. The first-order chi connectivity index (χ1) is 15.6. The van der Waals surface area contributed by atoms with E-state index in [1.807, 2.05) is 0 Å². The molecular weight excluding hydrogens is 434 g/mol. The van der Waals surface area contributed by atoms with Crippen molar-refractivity contribution < 1.29 is 19.8 Å². The Kier molecular flexibility index (Phi) is 6.22. The van der Waals surface area contributed by atoms with Gasteiger partial charge < -0.3 is 10.2 Å². The lowest BCUT2D eigenvalue weighted by Gasteiger charge is -2.64. The number of nitrogens with one attached hydrogen (secondary N) is 1. The van der Waals surface area contributed by atoms with Crippen molar-refractivity contribution in [2.75, 3.05) is 0 Å². The van der Waals surface area contributed by atoms with Gasteiger partial charge in [-0.1, -0.05) is 45.9 Å². The predicted octanol–water partition coefficient (Wildman–Crippen LogP) is 4.99. The van der Waals surface area contributed by atoms with E-state index < -0.39 is 0 Å². The molecule has 1 aliphatic heterocycles. The van der Waals surface area contributed by atoms with Gasteiger partial charge in [-0.25, -0.2) is 0 Å². The minimum atomic E-state index is -0.268. The fraction of sp³-hybridized carbons (Fsp3) is 0.926. The quantitative estimate of drug-likeness (QED) is 0.531. The Hall–Kier alpha value is -0.590. The van der Waals surface area contributed by atoms with Crippen LogP contribution in [0, 0.1) is 52.3 Å². The molecule has 5 fully saturated rings. The number of imide groups is 1. The second-order valence-electron chi connectivity index (χ2n) is 12.7. The average Bonchev–Trinajstić information content (AvgIpc) is 3.27. The van der Waals surface area contributed by atoms with Crippen molar-refractivity contribution in [2.45, 2.75) is 103 Å². The van der Waals surface area contributed by atoms with Gasteiger partial charge in [0.25, 0.3) is 5.24 Å². The number of amides is 2. The molecule has 2 amide bonds. The van der Waals surface area contributed by atoms with Crippen LogP contribution in [0.1, 0.15) is 85.5 Å². The number of aliphatic hydroxyl groups excluding tert-OH is 2. The van der Waals surface area contributed by atoms with E-state index in [-0.39, 0.29) is 45.4 Å². The molecule has 0 radical (unpaired) electrons. The van der Waals surface area contributed by atoms with E-state index in [0.29, 0.717) is 35.5 Å². The SMILES string of the molecule is CC[C@H]1[C@@H](O)C2C3CC[C@H]([C@H](C)CC4SC(=O)NC4=O)[C@@]3(C)CCC2[C@@]2(C)CC[C@@H](O)C[C@@H]12. The summed E-state index contributed by atoms with van der Waals surface area (Å²) in [4.78, 5) is 23.9. The maximum Gasteiger partial charge on any atom is 0.286 e. The number of rotatable bonds is 4. The number of hydrogen-bond donors (Lipinski definition) is 3. The fourth-order valence-corrected chi connectivity index (χ4v) is 11.0. The van der Waals surface area contributed by atoms with Crippen LogP contribution in [0.3, 0.4) is 0 Å². The Morgan fingerprint density at radius 1 is 1.03 bits per heavy atom. The molecule has 0 bridgehead atoms. The normalized spacial score (nSPS) is 52.6. The van der Waals surface area contributed by atoms with Crippen LogP contribution in [0.4, 0.5) is 4.79 Å². The number of carbonyl (C=O) groups excluding carboxylic acids is 2. The first kappa shape index (κ1) is 24.1. The smallest absolute Gasteiger partial charge is 0.286 e. The zero-order chi connectivity index (χ0) is 23.7. The molecule has 33 heavy (non-hydrogen) atoms. The molecule has 0 spiro atoms. The van der Waals surface area contributed by atoms with E-state index >= 15 is 0 Å². The topological polar surface area (TPSA) is 86.6 Å². The molecule has 5 aliphatic rings. The van der Waals surface area contributed by atoms with E-state index in [4.69, 9.17) is 0 Å². The van der Waals surface area contributed by atoms with Crippen LogP contribution < -0.4 is 5.32 Å². The van der Waals surface area contributed by atoms with E-state index in [2.05, 4.69) is 33.0 Å². The van der Waals surface area contributed by atoms with Crippen molar-refractivity contribution in [1.29, 1.82) is 0 Å². The molecule has 4 unspecified atom stereocenters. The average molecular weight is 478 g/mol. The highest BCUT2D eigenvalue weighted by Crippen LogP contribution is 2.69. The lowest BCUT2D eigenvalue weighted by Crippen LogP contribution is -2.62. The van der Waals surface area contributed by atoms with Crippen molar-refractivity contribution >= 4 is 22.9 Å². The maximum atomic E-state index is 12.2. The van der Waals surface area contributed by atoms with Crippen LogP contribution >= 0.6 is 11.8 Å². The van der Waals surface area contributed by atoms with Gasteiger partial charge in [0.15, 0.2) is 0 Å². The van der Waals surface area contributed by atoms with Gasteiger partial charge in [-0.3, -0.25) is 14.9 Å². The van der Waals surface area contributed by atoms with Crippen LogP contribution in [0.2, 0.25) is 0 Å². The minimum absolute atomic E-state index is 0.118. The number of thioether (sulfide) groups is 1. The van der Waals surface area contributed by atoms with Gasteiger partial charge >= 0.3 is 0 Å². The van der Waals surface area contributed by atoms with Gasteiger partial charge in [0.2, 0.25) is 5.91 Å². The summed E-state index contributed by atoms with van der Waals surface area (Å²) in [5, 5.41) is 24.3. The zero-order valence-electron chi connectivity index (χ0n) is 20.8. The summed E-state index contributed by atoms with van der Waals surface area (Å²) in [6.45, 7) is 9.47. The van der Waals surface area contributed by atoms with E-state index in [9.17, 15) is 19.8 Å². The van der Waals surface area contributed by atoms with Crippen molar-refractivity contribution in [3.8, 4) is 0 Å². The Bertz CT molecular complexity index is 805. The Balaban J connectivity index is 1.39. The summed E-state index contributed by atoms with van der Waals surface area (Å²) >= 11 is 1.16. The number of hydrogen-bond acceptors (Lipinski definition) is 5. The fourth-order valence-electron chi connectivity index (χ4n) is 9.98. The molecule has 12 atom stereocenters. The molecule has 1 heterocycles. The summed E-state index contributed by atoms with van der Waals surface area (Å²) in [5.41, 5.74) is 0.425. The lowest BCUT2D eigenvalue weighted by atomic mass is 9.41. The highest BCUT2D eigenvalue weighted by Gasteiger charge is 2.65. The van der Waals surface area contributed by atoms with Crippen molar-refractivity contribution in [3.63, 3.8) is 0 Å². The molecule has 5 rings (SSSR count). The maximum absolute atomic E-state index is 12.2. The third kappa shape index (κ3) is 3.64. The Morgan fingerprint density at radius 2 is 1.73 bits per heavy atom. The van der Waals surface area contributed by atoms with Crippen molar-refractivity contribution in [1.82, 2.24) is 5.32 Å². The molecule has 5 nitrogen and oxygen atoms in total. The number of aliphatic hydroxyl groups is 2. The second kappa shape index (κ2) is 8.51. The molecule has 0 aromatic heterocycles. The summed E-state index contributed by atoms with van der Waals surface area (Å²) in [6.07, 6.45) is 8.85. The predicted molar refractivity (Wildman–Crippen MR) is 130 cm³/mol. The van der Waals surface area contributed by atoms with E-state index in [0.717, 1.165) is 43.9 Å². The molecule has 0 aromatic carbocycles. The molecule has 186 valence electrons. The molecular formula is C27H43NO4S. The molecule has 0 aromatic rings. The van der Waals surface area contributed by atoms with Gasteiger partial charge in [0.05, 0.1) is 17.5 Å². The summed E-state index contributed by atoms with van der Waals surface area (Å²) in [5.74, 6) is 2.96. The van der Waals surface area contributed by atoms with Gasteiger partial charge in [-0.05, 0) is 104 Å². The number of carbonyl (C=O) groups is 2. The molecule has 6 heteroatoms. The van der Waals surface area contributed by atoms with Crippen molar-refractivity contribution in [2.24, 2.45) is 52.3 Å². The Labute approximate surface area is 203 Å². The standard InChI is InChI=1S/C27H43NO4S/c1-5-16-20-13-15(29)8-10-27(20,4)19-9-11-26(3)17(6-7-18(26)22(19)23(16)30)14(2)12-21-24(31)28-25(32)33-21/h14-23,29-30H,5-13H2,1-4H3,(H,28,31,32)/t14-,15-,16-,17-,18?,19?,20+,21?,22?,23-,26-,27-/m1/s1. The largest absolute Gasteiger partial charge is 0.393 e. The van der Waals surface area contributed by atoms with Gasteiger partial charge in [0, 0.05) is 0 Å². The van der Waals surface area contributed by atoms with Crippen LogP contribution in [0.15, 0.2) is 0 Å². The van der Waals surface area contributed by atoms with E-state index in [1.165, 1.54) is 25.7 Å². The van der Waals surface area contributed by atoms with Crippen LogP contribution in [0.25, 0.3) is 0 Å². The summed E-state index contributed by atoms with van der Waals surface area (Å²) < 4.78 is 0. The highest BCUT2D eigenvalue weighted by atomic mass is 32.2. The van der Waals surface area contributed by atoms with Crippen LogP contribution in [-0.2, 0) is 4.79 Å². The second-order valence-corrected chi connectivity index (χ2v) is 13.9. The van der Waals surface area contributed by atoms with Gasteiger partial charge in [0.1, 0.15) is 0 Å². The molecule has 3 N–H and O–H groups in total. The summed E-state index contributed by atoms with van der Waals surface area (Å²) in [7, 11) is 0. The first-order valence-electron chi connectivity index (χ1n) is 13.5.